The average Bonchev–Trinajstić information content (AvgIpc) is 3.37. The van der Waals surface area contributed by atoms with Crippen molar-refractivity contribution in [1.82, 2.24) is 4.90 Å². The third-order valence-corrected chi connectivity index (χ3v) is 7.37. The number of nitriles is 1. The van der Waals surface area contributed by atoms with Gasteiger partial charge in [0.05, 0.1) is 17.0 Å². The zero-order valence-electron chi connectivity index (χ0n) is 17.1. The highest BCUT2D eigenvalue weighted by atomic mass is 16.6. The predicted octanol–water partition coefficient (Wildman–Crippen LogP) is 3.44. The smallest absolute Gasteiger partial charge is 0.312 e. The van der Waals surface area contributed by atoms with Gasteiger partial charge < -0.3 is 14.5 Å². The highest BCUT2D eigenvalue weighted by Crippen LogP contribution is 2.41. The van der Waals surface area contributed by atoms with Crippen LogP contribution in [0, 0.1) is 28.6 Å². The van der Waals surface area contributed by atoms with Crippen LogP contribution in [0.5, 0.6) is 0 Å². The van der Waals surface area contributed by atoms with E-state index >= 15 is 0 Å². The monoisotopic (exact) mass is 381 g/mol. The van der Waals surface area contributed by atoms with E-state index in [4.69, 9.17) is 10.00 Å². The Morgan fingerprint density at radius 3 is 2.29 bits per heavy atom. The first-order chi connectivity index (χ1) is 13.6. The summed E-state index contributed by atoms with van der Waals surface area (Å²) < 4.78 is 5.71. The number of nitrogens with zero attached hydrogens (tertiary/aromatic N) is 3. The Morgan fingerprint density at radius 1 is 1.11 bits per heavy atom. The molecule has 28 heavy (non-hydrogen) atoms. The Kier molecular flexibility index (Phi) is 5.33. The number of cyclic esters (lactones) is 1. The van der Waals surface area contributed by atoms with Crippen molar-refractivity contribution >= 4 is 11.7 Å². The Morgan fingerprint density at radius 2 is 1.75 bits per heavy atom. The minimum Gasteiger partial charge on any atom is -0.462 e. The van der Waals surface area contributed by atoms with Gasteiger partial charge in [-0.1, -0.05) is 13.8 Å². The number of likely N-dealkylation sites (tertiary alicyclic amines) is 1. The van der Waals surface area contributed by atoms with Crippen LogP contribution < -0.4 is 4.90 Å². The molecule has 0 N–H and O–H groups in total. The molecule has 0 aliphatic carbocycles. The molecule has 0 amide bonds. The average molecular weight is 382 g/mol. The number of esters is 1. The summed E-state index contributed by atoms with van der Waals surface area (Å²) in [6, 6.07) is 10.1. The van der Waals surface area contributed by atoms with Crippen LogP contribution in [-0.2, 0) is 9.53 Å². The Labute approximate surface area is 168 Å². The van der Waals surface area contributed by atoms with E-state index in [-0.39, 0.29) is 17.5 Å². The largest absolute Gasteiger partial charge is 0.462 e. The van der Waals surface area contributed by atoms with E-state index in [9.17, 15) is 4.79 Å². The second kappa shape index (κ2) is 7.75. The first-order valence-corrected chi connectivity index (χ1v) is 10.8. The number of hydrogen-bond donors (Lipinski definition) is 0. The molecule has 3 aliphatic rings. The maximum Gasteiger partial charge on any atom is 0.312 e. The normalized spacial score (nSPS) is 29.0. The molecule has 0 aromatic heterocycles. The number of carbonyl (C=O) groups is 1. The van der Waals surface area contributed by atoms with Gasteiger partial charge in [-0.2, -0.15) is 5.26 Å². The minimum absolute atomic E-state index is 0.0267. The van der Waals surface area contributed by atoms with E-state index in [0.29, 0.717) is 11.8 Å². The van der Waals surface area contributed by atoms with Crippen molar-refractivity contribution in [1.29, 1.82) is 5.26 Å². The molecule has 4 rings (SSSR count). The third kappa shape index (κ3) is 3.51. The zero-order valence-corrected chi connectivity index (χ0v) is 17.1. The molecule has 3 heterocycles. The molecule has 0 spiro atoms. The molecule has 0 radical (unpaired) electrons. The van der Waals surface area contributed by atoms with Crippen LogP contribution in [-0.4, -0.2) is 49.7 Å². The molecule has 150 valence electrons. The van der Waals surface area contributed by atoms with Crippen LogP contribution >= 0.6 is 0 Å². The Balaban J connectivity index is 1.26. The fourth-order valence-electron chi connectivity index (χ4n) is 5.38. The van der Waals surface area contributed by atoms with Gasteiger partial charge in [-0.3, -0.25) is 4.79 Å². The summed E-state index contributed by atoms with van der Waals surface area (Å²) in [4.78, 5) is 17.3. The van der Waals surface area contributed by atoms with Crippen molar-refractivity contribution < 1.29 is 9.53 Å². The predicted molar refractivity (Wildman–Crippen MR) is 109 cm³/mol. The van der Waals surface area contributed by atoms with Crippen LogP contribution in [0.4, 0.5) is 5.69 Å². The summed E-state index contributed by atoms with van der Waals surface area (Å²) in [6.07, 6.45) is 3.73. The highest BCUT2D eigenvalue weighted by molar-refractivity contribution is 5.78. The highest BCUT2D eigenvalue weighted by Gasteiger charge is 2.46. The van der Waals surface area contributed by atoms with Crippen molar-refractivity contribution in [3.8, 4) is 6.07 Å². The van der Waals surface area contributed by atoms with Crippen LogP contribution in [0.2, 0.25) is 0 Å². The van der Waals surface area contributed by atoms with Crippen molar-refractivity contribution in [2.75, 3.05) is 37.6 Å². The van der Waals surface area contributed by atoms with E-state index in [1.54, 1.807) is 0 Å². The van der Waals surface area contributed by atoms with Crippen molar-refractivity contribution in [3.05, 3.63) is 29.8 Å². The molecule has 3 atom stereocenters. The van der Waals surface area contributed by atoms with Crippen LogP contribution in [0.1, 0.15) is 45.1 Å². The first kappa shape index (κ1) is 19.3. The fraction of sp³-hybridized carbons (Fsp3) is 0.652. The summed E-state index contributed by atoms with van der Waals surface area (Å²) in [5, 5.41) is 8.96. The van der Waals surface area contributed by atoms with Gasteiger partial charge in [0.15, 0.2) is 0 Å². The maximum absolute atomic E-state index is 12.3. The van der Waals surface area contributed by atoms with E-state index in [1.165, 1.54) is 5.69 Å². The summed E-state index contributed by atoms with van der Waals surface area (Å²) in [6.45, 7) is 9.73. The molecule has 3 aliphatic heterocycles. The Bertz CT molecular complexity index is 736. The van der Waals surface area contributed by atoms with Gasteiger partial charge in [-0.15, -0.1) is 0 Å². The van der Waals surface area contributed by atoms with Crippen LogP contribution in [0.15, 0.2) is 24.3 Å². The molecule has 3 fully saturated rings. The van der Waals surface area contributed by atoms with Gasteiger partial charge in [-0.25, -0.2) is 0 Å². The number of rotatable bonds is 6. The molecular formula is C23H31N3O2. The summed E-state index contributed by atoms with van der Waals surface area (Å²) >= 11 is 0. The van der Waals surface area contributed by atoms with E-state index in [1.807, 2.05) is 12.1 Å². The molecule has 3 unspecified atom stereocenters. The fourth-order valence-corrected chi connectivity index (χ4v) is 5.38. The molecule has 0 bridgehead atoms. The zero-order chi connectivity index (χ0) is 19.7. The van der Waals surface area contributed by atoms with Crippen molar-refractivity contribution in [2.24, 2.45) is 17.3 Å². The number of benzene rings is 1. The molecule has 5 heteroatoms. The number of fused-ring (bicyclic) bond motifs is 1. The SMILES string of the molecule is CCC1(CC)CC(CCN2CC3CN(c4ccc(C#N)cc4)CC3C2)OC1=O. The van der Waals surface area contributed by atoms with Gasteiger partial charge in [0.1, 0.15) is 6.10 Å². The topological polar surface area (TPSA) is 56.6 Å². The molecule has 5 nitrogen and oxygen atoms in total. The van der Waals surface area contributed by atoms with Gasteiger partial charge in [0.25, 0.3) is 0 Å². The summed E-state index contributed by atoms with van der Waals surface area (Å²) in [5.74, 6) is 1.46. The van der Waals surface area contributed by atoms with Gasteiger partial charge in [-0.05, 0) is 55.4 Å². The third-order valence-electron chi connectivity index (χ3n) is 7.37. The molecule has 1 aromatic carbocycles. The molecular weight excluding hydrogens is 350 g/mol. The van der Waals surface area contributed by atoms with E-state index < -0.39 is 0 Å². The van der Waals surface area contributed by atoms with Crippen LogP contribution in [0.3, 0.4) is 0 Å². The van der Waals surface area contributed by atoms with Crippen LogP contribution in [0.25, 0.3) is 0 Å². The minimum atomic E-state index is -0.228. The van der Waals surface area contributed by atoms with Gasteiger partial charge in [0, 0.05) is 44.8 Å². The molecule has 0 saturated carbocycles. The first-order valence-electron chi connectivity index (χ1n) is 10.8. The number of anilines is 1. The van der Waals surface area contributed by atoms with E-state index in [2.05, 4.69) is 41.8 Å². The quantitative estimate of drug-likeness (QED) is 0.707. The lowest BCUT2D eigenvalue weighted by Gasteiger charge is -2.24. The summed E-state index contributed by atoms with van der Waals surface area (Å²) in [5.41, 5.74) is 1.72. The number of carbonyl (C=O) groups excluding carboxylic acids is 1. The van der Waals surface area contributed by atoms with Gasteiger partial charge >= 0.3 is 5.97 Å². The van der Waals surface area contributed by atoms with Gasteiger partial charge in [0.2, 0.25) is 0 Å². The number of ether oxygens (including phenoxy) is 1. The Hall–Kier alpha value is -2.06. The number of hydrogen-bond acceptors (Lipinski definition) is 5. The molecule has 1 aromatic rings. The van der Waals surface area contributed by atoms with E-state index in [0.717, 1.165) is 64.0 Å². The van der Waals surface area contributed by atoms with Crippen molar-refractivity contribution in [2.45, 2.75) is 45.6 Å². The van der Waals surface area contributed by atoms with Crippen molar-refractivity contribution in [3.63, 3.8) is 0 Å². The lowest BCUT2D eigenvalue weighted by atomic mass is 9.79. The lowest BCUT2D eigenvalue weighted by Crippen LogP contribution is -2.30. The lowest BCUT2D eigenvalue weighted by molar-refractivity contribution is -0.149. The standard InChI is InChI=1S/C23H31N3O2/c1-3-23(4-2)11-21(28-22(23)27)9-10-25-13-18-15-26(16-19(18)14-25)20-7-5-17(12-24)6-8-20/h5-8,18-19,21H,3-4,9-11,13-16H2,1-2H3. The second-order valence-corrected chi connectivity index (χ2v) is 8.85. The summed E-state index contributed by atoms with van der Waals surface area (Å²) in [7, 11) is 0. The maximum atomic E-state index is 12.3. The molecule has 3 saturated heterocycles. The second-order valence-electron chi connectivity index (χ2n) is 8.85.